The summed E-state index contributed by atoms with van der Waals surface area (Å²) in [6.07, 6.45) is 5.23. The van der Waals surface area contributed by atoms with Crippen LogP contribution in [0.15, 0.2) is 41.6 Å². The zero-order chi connectivity index (χ0) is 16.3. The third-order valence-electron chi connectivity index (χ3n) is 3.63. The second-order valence-corrected chi connectivity index (χ2v) is 6.93. The molecule has 0 radical (unpaired) electrons. The van der Waals surface area contributed by atoms with Crippen LogP contribution in [0.25, 0.3) is 0 Å². The summed E-state index contributed by atoms with van der Waals surface area (Å²) in [7, 11) is -2.21. The lowest BCUT2D eigenvalue weighted by Gasteiger charge is -2.15. The minimum Gasteiger partial charge on any atom is -0.497 e. The van der Waals surface area contributed by atoms with Crippen LogP contribution in [0, 0.1) is 0 Å². The van der Waals surface area contributed by atoms with E-state index in [0.717, 1.165) is 25.9 Å². The molecule has 2 aromatic rings. The van der Waals surface area contributed by atoms with Crippen molar-refractivity contribution in [1.82, 2.24) is 9.97 Å². The maximum atomic E-state index is 12.4. The monoisotopic (exact) mass is 334 g/mol. The molecule has 23 heavy (non-hydrogen) atoms. The van der Waals surface area contributed by atoms with Crippen molar-refractivity contribution < 1.29 is 13.2 Å². The number of benzene rings is 1. The van der Waals surface area contributed by atoms with Crippen LogP contribution in [0.4, 0.5) is 11.6 Å². The highest BCUT2D eigenvalue weighted by atomic mass is 32.2. The SMILES string of the molecule is COc1cccc(S(=O)(=O)Nc2cnc(N3CCCC3)nc2)c1. The van der Waals surface area contributed by atoms with E-state index >= 15 is 0 Å². The Morgan fingerprint density at radius 2 is 1.87 bits per heavy atom. The van der Waals surface area contributed by atoms with Crippen molar-refractivity contribution in [1.29, 1.82) is 0 Å². The first kappa shape index (κ1) is 15.5. The smallest absolute Gasteiger partial charge is 0.262 e. The van der Waals surface area contributed by atoms with Gasteiger partial charge < -0.3 is 9.64 Å². The van der Waals surface area contributed by atoms with E-state index < -0.39 is 10.0 Å². The fourth-order valence-corrected chi connectivity index (χ4v) is 3.50. The molecular weight excluding hydrogens is 316 g/mol. The normalized spacial score (nSPS) is 14.7. The van der Waals surface area contributed by atoms with Gasteiger partial charge in [0.05, 0.1) is 30.1 Å². The lowest BCUT2D eigenvalue weighted by atomic mass is 10.3. The second kappa shape index (κ2) is 6.41. The Kier molecular flexibility index (Phi) is 4.33. The Bertz CT molecular complexity index is 772. The van der Waals surface area contributed by atoms with E-state index in [-0.39, 0.29) is 4.90 Å². The Labute approximate surface area is 135 Å². The number of hydrogen-bond donors (Lipinski definition) is 1. The van der Waals surface area contributed by atoms with Crippen molar-refractivity contribution in [2.75, 3.05) is 29.8 Å². The van der Waals surface area contributed by atoms with Gasteiger partial charge in [-0.1, -0.05) is 6.07 Å². The summed E-state index contributed by atoms with van der Waals surface area (Å²) in [5.41, 5.74) is 0.329. The fourth-order valence-electron chi connectivity index (χ4n) is 2.44. The molecular formula is C15H18N4O3S. The van der Waals surface area contributed by atoms with Crippen molar-refractivity contribution in [3.63, 3.8) is 0 Å². The van der Waals surface area contributed by atoms with Crippen LogP contribution < -0.4 is 14.4 Å². The van der Waals surface area contributed by atoms with Crippen molar-refractivity contribution >= 4 is 21.7 Å². The molecule has 1 aromatic carbocycles. The average Bonchev–Trinajstić information content (AvgIpc) is 3.10. The summed E-state index contributed by atoms with van der Waals surface area (Å²) < 4.78 is 32.3. The number of rotatable bonds is 5. The number of nitrogens with one attached hydrogen (secondary N) is 1. The number of hydrogen-bond acceptors (Lipinski definition) is 6. The molecule has 1 aliphatic heterocycles. The summed E-state index contributed by atoms with van der Waals surface area (Å²) >= 11 is 0. The van der Waals surface area contributed by atoms with E-state index in [1.807, 2.05) is 0 Å². The molecule has 0 aliphatic carbocycles. The number of ether oxygens (including phenoxy) is 1. The van der Waals surface area contributed by atoms with Gasteiger partial charge in [0.2, 0.25) is 5.95 Å². The van der Waals surface area contributed by atoms with Crippen molar-refractivity contribution in [3.8, 4) is 5.75 Å². The molecule has 0 bridgehead atoms. The van der Waals surface area contributed by atoms with Crippen molar-refractivity contribution in [3.05, 3.63) is 36.7 Å². The van der Waals surface area contributed by atoms with Gasteiger partial charge in [0.15, 0.2) is 0 Å². The molecule has 122 valence electrons. The van der Waals surface area contributed by atoms with Gasteiger partial charge in [-0.15, -0.1) is 0 Å². The maximum Gasteiger partial charge on any atom is 0.262 e. The summed E-state index contributed by atoms with van der Waals surface area (Å²) in [5.74, 6) is 1.11. The molecule has 1 aliphatic rings. The molecule has 0 amide bonds. The van der Waals surface area contributed by atoms with Crippen LogP contribution in [0.3, 0.4) is 0 Å². The minimum absolute atomic E-state index is 0.125. The number of aromatic nitrogens is 2. The highest BCUT2D eigenvalue weighted by Gasteiger charge is 2.17. The van der Waals surface area contributed by atoms with Gasteiger partial charge in [-0.2, -0.15) is 0 Å². The van der Waals surface area contributed by atoms with Crippen molar-refractivity contribution in [2.24, 2.45) is 0 Å². The third kappa shape index (κ3) is 3.53. The van der Waals surface area contributed by atoms with Gasteiger partial charge in [0.1, 0.15) is 5.75 Å². The van der Waals surface area contributed by atoms with E-state index in [0.29, 0.717) is 17.4 Å². The Morgan fingerprint density at radius 1 is 1.17 bits per heavy atom. The molecule has 1 saturated heterocycles. The third-order valence-corrected chi connectivity index (χ3v) is 5.01. The predicted octanol–water partition coefficient (Wildman–Crippen LogP) is 1.89. The highest BCUT2D eigenvalue weighted by molar-refractivity contribution is 7.92. The molecule has 1 aromatic heterocycles. The molecule has 0 spiro atoms. The van der Waals surface area contributed by atoms with Gasteiger partial charge in [0.25, 0.3) is 10.0 Å². The molecule has 0 saturated carbocycles. The largest absolute Gasteiger partial charge is 0.497 e. The Hall–Kier alpha value is -2.35. The zero-order valence-electron chi connectivity index (χ0n) is 12.8. The van der Waals surface area contributed by atoms with E-state index in [1.165, 1.54) is 31.6 Å². The van der Waals surface area contributed by atoms with Gasteiger partial charge in [-0.3, -0.25) is 4.72 Å². The molecule has 0 atom stereocenters. The van der Waals surface area contributed by atoms with Gasteiger partial charge in [-0.25, -0.2) is 18.4 Å². The topological polar surface area (TPSA) is 84.4 Å². The summed E-state index contributed by atoms with van der Waals surface area (Å²) in [5, 5.41) is 0. The van der Waals surface area contributed by atoms with E-state index in [9.17, 15) is 8.42 Å². The molecule has 2 heterocycles. The van der Waals surface area contributed by atoms with Crippen LogP contribution in [0.1, 0.15) is 12.8 Å². The average molecular weight is 334 g/mol. The summed E-state index contributed by atoms with van der Waals surface area (Å²) in [6, 6.07) is 6.28. The minimum atomic E-state index is -3.70. The van der Waals surface area contributed by atoms with Gasteiger partial charge in [-0.05, 0) is 25.0 Å². The first-order valence-electron chi connectivity index (χ1n) is 7.32. The van der Waals surface area contributed by atoms with E-state index in [1.54, 1.807) is 12.1 Å². The van der Waals surface area contributed by atoms with Gasteiger partial charge >= 0.3 is 0 Å². The number of sulfonamides is 1. The lowest BCUT2D eigenvalue weighted by Crippen LogP contribution is -2.20. The fraction of sp³-hybridized carbons (Fsp3) is 0.333. The summed E-state index contributed by atoms with van der Waals surface area (Å²) in [6.45, 7) is 1.88. The summed E-state index contributed by atoms with van der Waals surface area (Å²) in [4.78, 5) is 10.7. The number of nitrogens with zero attached hydrogens (tertiary/aromatic N) is 3. The molecule has 0 unspecified atom stereocenters. The van der Waals surface area contributed by atoms with Crippen LogP contribution in [-0.2, 0) is 10.0 Å². The molecule has 1 fully saturated rings. The van der Waals surface area contributed by atoms with Crippen molar-refractivity contribution in [2.45, 2.75) is 17.7 Å². The number of anilines is 2. The van der Waals surface area contributed by atoms with Crippen LogP contribution in [0.5, 0.6) is 5.75 Å². The highest BCUT2D eigenvalue weighted by Crippen LogP contribution is 2.21. The predicted molar refractivity (Wildman–Crippen MR) is 87.3 cm³/mol. The van der Waals surface area contributed by atoms with Crippen LogP contribution >= 0.6 is 0 Å². The second-order valence-electron chi connectivity index (χ2n) is 5.25. The molecule has 1 N–H and O–H groups in total. The Balaban J connectivity index is 1.77. The first-order chi connectivity index (χ1) is 11.1. The van der Waals surface area contributed by atoms with E-state index in [4.69, 9.17) is 4.74 Å². The lowest BCUT2D eigenvalue weighted by molar-refractivity contribution is 0.413. The molecule has 3 rings (SSSR count). The Morgan fingerprint density at radius 3 is 2.52 bits per heavy atom. The van der Waals surface area contributed by atoms with Crippen LogP contribution in [0.2, 0.25) is 0 Å². The van der Waals surface area contributed by atoms with Gasteiger partial charge in [0, 0.05) is 19.2 Å². The first-order valence-corrected chi connectivity index (χ1v) is 8.81. The zero-order valence-corrected chi connectivity index (χ0v) is 13.6. The molecule has 8 heteroatoms. The maximum absolute atomic E-state index is 12.4. The molecule has 7 nitrogen and oxygen atoms in total. The van der Waals surface area contributed by atoms with E-state index in [2.05, 4.69) is 19.6 Å². The quantitative estimate of drug-likeness (QED) is 0.899. The standard InChI is InChI=1S/C15H18N4O3S/c1-22-13-5-4-6-14(9-13)23(20,21)18-12-10-16-15(17-11-12)19-7-2-3-8-19/h4-6,9-11,18H,2-3,7-8H2,1H3. The number of methoxy groups -OCH3 is 1. The van der Waals surface area contributed by atoms with Crippen LogP contribution in [-0.4, -0.2) is 38.6 Å².